The Hall–Kier alpha value is -1.22. The van der Waals surface area contributed by atoms with E-state index in [1.54, 1.807) is 12.1 Å². The van der Waals surface area contributed by atoms with E-state index >= 15 is 0 Å². The van der Waals surface area contributed by atoms with Crippen molar-refractivity contribution in [1.82, 2.24) is 4.90 Å². The summed E-state index contributed by atoms with van der Waals surface area (Å²) in [5.41, 5.74) is 0.845. The fourth-order valence-corrected chi connectivity index (χ4v) is 1.30. The lowest BCUT2D eigenvalue weighted by molar-refractivity contribution is 0.299. The van der Waals surface area contributed by atoms with E-state index in [0.717, 1.165) is 5.56 Å². The van der Waals surface area contributed by atoms with Crippen LogP contribution in [0.25, 0.3) is 0 Å². The maximum Gasteiger partial charge on any atom is 0.175 e. The predicted octanol–water partition coefficient (Wildman–Crippen LogP) is 2.82. The van der Waals surface area contributed by atoms with E-state index in [9.17, 15) is 0 Å². The first-order valence-electron chi connectivity index (χ1n) is 4.77. The molecule has 0 heterocycles. The van der Waals surface area contributed by atoms with Gasteiger partial charge in [-0.3, -0.25) is 0 Å². The largest absolute Gasteiger partial charge is 0.409 e. The van der Waals surface area contributed by atoms with Crippen molar-refractivity contribution in [2.24, 2.45) is 5.16 Å². The van der Waals surface area contributed by atoms with Crippen molar-refractivity contribution < 1.29 is 5.21 Å². The third-order valence-electron chi connectivity index (χ3n) is 2.31. The lowest BCUT2D eigenvalue weighted by Crippen LogP contribution is -2.33. The van der Waals surface area contributed by atoms with E-state index in [1.807, 2.05) is 37.9 Å². The van der Waals surface area contributed by atoms with Crippen molar-refractivity contribution >= 4 is 17.4 Å². The first-order chi connectivity index (χ1) is 7.06. The van der Waals surface area contributed by atoms with Crippen LogP contribution in [0.1, 0.15) is 19.4 Å². The quantitative estimate of drug-likeness (QED) is 0.364. The van der Waals surface area contributed by atoms with Gasteiger partial charge in [-0.2, -0.15) is 0 Å². The van der Waals surface area contributed by atoms with Crippen molar-refractivity contribution in [3.63, 3.8) is 0 Å². The highest BCUT2D eigenvalue weighted by atomic mass is 35.5. The van der Waals surface area contributed by atoms with Gasteiger partial charge in [0, 0.05) is 23.7 Å². The van der Waals surface area contributed by atoms with Gasteiger partial charge in [-0.25, -0.2) is 0 Å². The molecule has 0 aromatic heterocycles. The molecule has 0 fully saturated rings. The zero-order valence-corrected chi connectivity index (χ0v) is 9.86. The molecule has 3 nitrogen and oxygen atoms in total. The second kappa shape index (κ2) is 5.03. The molecule has 0 unspecified atom stereocenters. The molecule has 1 aromatic carbocycles. The summed E-state index contributed by atoms with van der Waals surface area (Å²) in [7, 11) is 1.88. The number of benzene rings is 1. The number of halogens is 1. The topological polar surface area (TPSA) is 35.8 Å². The summed E-state index contributed by atoms with van der Waals surface area (Å²) in [4.78, 5) is 1.89. The van der Waals surface area contributed by atoms with Crippen LogP contribution >= 0.6 is 11.6 Å². The van der Waals surface area contributed by atoms with Gasteiger partial charge in [0.25, 0.3) is 0 Å². The zero-order valence-electron chi connectivity index (χ0n) is 9.11. The molecule has 0 bridgehead atoms. The van der Waals surface area contributed by atoms with Crippen molar-refractivity contribution in [2.45, 2.75) is 19.9 Å². The average molecular weight is 227 g/mol. The smallest absolute Gasteiger partial charge is 0.175 e. The fraction of sp³-hybridized carbons (Fsp3) is 0.364. The summed E-state index contributed by atoms with van der Waals surface area (Å²) < 4.78 is 0. The number of amidine groups is 1. The molecule has 0 aliphatic rings. The van der Waals surface area contributed by atoms with Gasteiger partial charge in [-0.05, 0) is 38.1 Å². The maximum atomic E-state index is 8.98. The van der Waals surface area contributed by atoms with E-state index < -0.39 is 0 Å². The Bertz CT molecular complexity index is 346. The van der Waals surface area contributed by atoms with Crippen LogP contribution in [0, 0.1) is 0 Å². The number of hydrogen-bond donors (Lipinski definition) is 1. The van der Waals surface area contributed by atoms with Crippen LogP contribution in [0.15, 0.2) is 29.4 Å². The standard InChI is InChI=1S/C11H15ClN2O/c1-8(2)14(3)11(13-15)9-4-6-10(12)7-5-9/h4-8,15H,1-3H3/b13-11+. The van der Waals surface area contributed by atoms with Gasteiger partial charge >= 0.3 is 0 Å². The van der Waals surface area contributed by atoms with E-state index in [0.29, 0.717) is 10.9 Å². The molecule has 0 saturated heterocycles. The van der Waals surface area contributed by atoms with Crippen LogP contribution in [0.3, 0.4) is 0 Å². The Balaban J connectivity index is 2.99. The molecule has 0 aliphatic carbocycles. The highest BCUT2D eigenvalue weighted by Crippen LogP contribution is 2.12. The Morgan fingerprint density at radius 3 is 2.27 bits per heavy atom. The average Bonchev–Trinajstić information content (AvgIpc) is 2.21. The molecule has 1 aromatic rings. The Morgan fingerprint density at radius 1 is 1.33 bits per heavy atom. The first-order valence-corrected chi connectivity index (χ1v) is 5.15. The molecule has 1 N–H and O–H groups in total. The van der Waals surface area contributed by atoms with E-state index in [4.69, 9.17) is 16.8 Å². The lowest BCUT2D eigenvalue weighted by atomic mass is 10.2. The molecule has 0 aliphatic heterocycles. The Labute approximate surface area is 95.0 Å². The second-order valence-electron chi connectivity index (χ2n) is 3.64. The van der Waals surface area contributed by atoms with Crippen LogP contribution in [-0.2, 0) is 0 Å². The van der Waals surface area contributed by atoms with Crippen LogP contribution in [-0.4, -0.2) is 29.0 Å². The van der Waals surface area contributed by atoms with Crippen molar-refractivity contribution in [3.8, 4) is 0 Å². The minimum atomic E-state index is 0.270. The molecule has 0 spiro atoms. The third-order valence-corrected chi connectivity index (χ3v) is 2.56. The van der Waals surface area contributed by atoms with Crippen LogP contribution < -0.4 is 0 Å². The van der Waals surface area contributed by atoms with Crippen molar-refractivity contribution in [2.75, 3.05) is 7.05 Å². The van der Waals surface area contributed by atoms with Crippen LogP contribution in [0.5, 0.6) is 0 Å². The minimum Gasteiger partial charge on any atom is -0.409 e. The molecule has 1 rings (SSSR count). The van der Waals surface area contributed by atoms with Gasteiger partial charge in [-0.1, -0.05) is 16.8 Å². The molecule has 82 valence electrons. The fourth-order valence-electron chi connectivity index (χ4n) is 1.18. The van der Waals surface area contributed by atoms with Crippen LogP contribution in [0.4, 0.5) is 0 Å². The van der Waals surface area contributed by atoms with E-state index in [2.05, 4.69) is 5.16 Å². The van der Waals surface area contributed by atoms with Crippen molar-refractivity contribution in [1.29, 1.82) is 0 Å². The highest BCUT2D eigenvalue weighted by molar-refractivity contribution is 6.30. The number of oxime groups is 1. The van der Waals surface area contributed by atoms with Gasteiger partial charge in [0.1, 0.15) is 0 Å². The molecule has 15 heavy (non-hydrogen) atoms. The summed E-state index contributed by atoms with van der Waals surface area (Å²) >= 11 is 5.79. The van der Waals surface area contributed by atoms with E-state index in [-0.39, 0.29) is 6.04 Å². The minimum absolute atomic E-state index is 0.270. The first kappa shape index (κ1) is 11.9. The summed E-state index contributed by atoms with van der Waals surface area (Å²) in [5, 5.41) is 13.0. The number of nitrogens with zero attached hydrogens (tertiary/aromatic N) is 2. The Kier molecular flexibility index (Phi) is 3.97. The Morgan fingerprint density at radius 2 is 1.87 bits per heavy atom. The summed E-state index contributed by atoms with van der Waals surface area (Å²) in [6.45, 7) is 4.06. The van der Waals surface area contributed by atoms with Gasteiger partial charge in [-0.15, -0.1) is 0 Å². The molecular formula is C11H15ClN2O. The summed E-state index contributed by atoms with van der Waals surface area (Å²) in [6.07, 6.45) is 0. The third kappa shape index (κ3) is 2.86. The van der Waals surface area contributed by atoms with E-state index in [1.165, 1.54) is 0 Å². The molecule has 4 heteroatoms. The summed E-state index contributed by atoms with van der Waals surface area (Å²) in [5.74, 6) is 0.543. The maximum absolute atomic E-state index is 8.98. The van der Waals surface area contributed by atoms with Gasteiger partial charge in [0.15, 0.2) is 5.84 Å². The lowest BCUT2D eigenvalue weighted by Gasteiger charge is -2.24. The number of hydrogen-bond acceptors (Lipinski definition) is 2. The monoisotopic (exact) mass is 226 g/mol. The molecular weight excluding hydrogens is 212 g/mol. The van der Waals surface area contributed by atoms with Gasteiger partial charge in [0.05, 0.1) is 0 Å². The predicted molar refractivity (Wildman–Crippen MR) is 62.7 cm³/mol. The molecule has 0 amide bonds. The molecule has 0 atom stereocenters. The molecule has 0 saturated carbocycles. The highest BCUT2D eigenvalue weighted by Gasteiger charge is 2.12. The van der Waals surface area contributed by atoms with Crippen molar-refractivity contribution in [3.05, 3.63) is 34.9 Å². The van der Waals surface area contributed by atoms with Crippen LogP contribution in [0.2, 0.25) is 5.02 Å². The normalized spacial score (nSPS) is 11.9. The number of rotatable bonds is 2. The van der Waals surface area contributed by atoms with Gasteiger partial charge in [0.2, 0.25) is 0 Å². The zero-order chi connectivity index (χ0) is 11.4. The SMILES string of the molecule is CC(C)N(C)/C(=N/O)c1ccc(Cl)cc1. The molecule has 0 radical (unpaired) electrons. The summed E-state index contributed by atoms with van der Waals surface area (Å²) in [6, 6.07) is 7.48. The second-order valence-corrected chi connectivity index (χ2v) is 4.07. The van der Waals surface area contributed by atoms with Gasteiger partial charge < -0.3 is 10.1 Å².